The molecule has 4 rings (SSSR count). The summed E-state index contributed by atoms with van der Waals surface area (Å²) < 4.78 is 0. The summed E-state index contributed by atoms with van der Waals surface area (Å²) in [6.45, 7) is 4.27. The highest BCUT2D eigenvalue weighted by molar-refractivity contribution is 5.40. The number of nitrogens with two attached hydrogens (primary N) is 1. The predicted molar refractivity (Wildman–Crippen MR) is 105 cm³/mol. The molecule has 1 fully saturated rings. The van der Waals surface area contributed by atoms with E-state index in [1.807, 2.05) is 12.3 Å². The predicted octanol–water partition coefficient (Wildman–Crippen LogP) is 1.58. The molecule has 4 N–H and O–H groups in total. The maximum absolute atomic E-state index is 5.79. The Bertz CT molecular complexity index is 770. The van der Waals surface area contributed by atoms with Crippen LogP contribution in [0.15, 0.2) is 79.0 Å². The van der Waals surface area contributed by atoms with Gasteiger partial charge >= 0.3 is 0 Å². The Hall–Kier alpha value is -2.85. The smallest absolute Gasteiger partial charge is 0.274 e. The SMILES string of the molecule is Nc1ccc(N2CC[NH+](C(c3ccccc3)c3ccccc3)CC2)[nH+]c1. The van der Waals surface area contributed by atoms with E-state index in [1.54, 1.807) is 4.90 Å². The number of aromatic amines is 1. The average Bonchev–Trinajstić information content (AvgIpc) is 2.71. The molecule has 0 radical (unpaired) electrons. The van der Waals surface area contributed by atoms with Crippen molar-refractivity contribution in [2.45, 2.75) is 6.04 Å². The van der Waals surface area contributed by atoms with Crippen molar-refractivity contribution in [1.82, 2.24) is 0 Å². The van der Waals surface area contributed by atoms with E-state index >= 15 is 0 Å². The van der Waals surface area contributed by atoms with Crippen molar-refractivity contribution in [3.05, 3.63) is 90.1 Å². The third-order valence-electron chi connectivity index (χ3n) is 5.24. The van der Waals surface area contributed by atoms with Gasteiger partial charge in [-0.3, -0.25) is 4.90 Å². The van der Waals surface area contributed by atoms with Crippen LogP contribution in [0.4, 0.5) is 11.5 Å². The third-order valence-corrected chi connectivity index (χ3v) is 5.24. The van der Waals surface area contributed by atoms with E-state index in [0.717, 1.165) is 37.7 Å². The Balaban J connectivity index is 1.54. The Labute approximate surface area is 154 Å². The van der Waals surface area contributed by atoms with Crippen LogP contribution in [0.5, 0.6) is 0 Å². The number of rotatable bonds is 4. The molecule has 132 valence electrons. The molecule has 1 saturated heterocycles. The number of anilines is 2. The normalized spacial score (nSPS) is 15.3. The van der Waals surface area contributed by atoms with E-state index in [0.29, 0.717) is 6.04 Å². The lowest BCUT2D eigenvalue weighted by Gasteiger charge is -2.34. The molecule has 1 aromatic heterocycles. The quantitative estimate of drug-likeness (QED) is 0.753. The van der Waals surface area contributed by atoms with Gasteiger partial charge in [-0.15, -0.1) is 0 Å². The highest BCUT2D eigenvalue weighted by atomic mass is 15.3. The third kappa shape index (κ3) is 3.55. The van der Waals surface area contributed by atoms with Crippen molar-refractivity contribution in [2.75, 3.05) is 36.8 Å². The van der Waals surface area contributed by atoms with Crippen molar-refractivity contribution in [1.29, 1.82) is 0 Å². The molecule has 0 saturated carbocycles. The monoisotopic (exact) mass is 346 g/mol. The maximum Gasteiger partial charge on any atom is 0.274 e. The van der Waals surface area contributed by atoms with Gasteiger partial charge in [0.05, 0.1) is 5.69 Å². The van der Waals surface area contributed by atoms with Gasteiger partial charge in [0, 0.05) is 17.2 Å². The number of aromatic nitrogens is 1. The fourth-order valence-electron chi connectivity index (χ4n) is 3.90. The first-order valence-electron chi connectivity index (χ1n) is 9.28. The Morgan fingerprint density at radius 3 is 1.88 bits per heavy atom. The molecule has 0 atom stereocenters. The Kier molecular flexibility index (Phi) is 4.84. The van der Waals surface area contributed by atoms with Crippen LogP contribution in [0.3, 0.4) is 0 Å². The van der Waals surface area contributed by atoms with E-state index < -0.39 is 0 Å². The summed E-state index contributed by atoms with van der Waals surface area (Å²) >= 11 is 0. The molecule has 4 heteroatoms. The minimum Gasteiger partial charge on any atom is -0.396 e. The number of nitrogens with one attached hydrogen (secondary N) is 2. The molecule has 0 unspecified atom stereocenters. The van der Waals surface area contributed by atoms with Crippen LogP contribution in [0, 0.1) is 0 Å². The number of piperazine rings is 1. The highest BCUT2D eigenvalue weighted by Gasteiger charge is 2.32. The van der Waals surface area contributed by atoms with E-state index in [1.165, 1.54) is 11.1 Å². The molecule has 1 aliphatic rings. The largest absolute Gasteiger partial charge is 0.396 e. The summed E-state index contributed by atoms with van der Waals surface area (Å²) in [5.41, 5.74) is 9.34. The second kappa shape index (κ2) is 7.58. The summed E-state index contributed by atoms with van der Waals surface area (Å²) in [6, 6.07) is 26.2. The van der Waals surface area contributed by atoms with Gasteiger partial charge in [-0.05, 0) is 6.07 Å². The van der Waals surface area contributed by atoms with Gasteiger partial charge in [-0.2, -0.15) is 0 Å². The van der Waals surface area contributed by atoms with Gasteiger partial charge in [0.25, 0.3) is 5.82 Å². The number of benzene rings is 2. The van der Waals surface area contributed by atoms with Gasteiger partial charge in [-0.1, -0.05) is 60.7 Å². The van der Waals surface area contributed by atoms with Gasteiger partial charge in [0.15, 0.2) is 0 Å². The molecule has 1 aliphatic heterocycles. The minimum absolute atomic E-state index is 0.384. The molecular formula is C22H26N4+2. The van der Waals surface area contributed by atoms with Crippen molar-refractivity contribution in [2.24, 2.45) is 0 Å². The van der Waals surface area contributed by atoms with E-state index in [4.69, 9.17) is 5.73 Å². The van der Waals surface area contributed by atoms with Crippen molar-refractivity contribution in [3.8, 4) is 0 Å². The van der Waals surface area contributed by atoms with Gasteiger partial charge in [-0.25, -0.2) is 4.98 Å². The highest BCUT2D eigenvalue weighted by Crippen LogP contribution is 2.19. The Morgan fingerprint density at radius 2 is 1.38 bits per heavy atom. The molecule has 2 heterocycles. The second-order valence-corrected chi connectivity index (χ2v) is 6.91. The molecule has 0 spiro atoms. The summed E-state index contributed by atoms with van der Waals surface area (Å²) in [5, 5.41) is 0. The number of hydrogen-bond acceptors (Lipinski definition) is 2. The van der Waals surface area contributed by atoms with Gasteiger partial charge in [0.1, 0.15) is 38.4 Å². The molecular weight excluding hydrogens is 320 g/mol. The zero-order valence-corrected chi connectivity index (χ0v) is 14.9. The number of nitrogens with zero attached hydrogens (tertiary/aromatic N) is 1. The first-order chi connectivity index (χ1) is 12.8. The number of hydrogen-bond donors (Lipinski definition) is 2. The lowest BCUT2D eigenvalue weighted by molar-refractivity contribution is -0.926. The molecule has 26 heavy (non-hydrogen) atoms. The first kappa shape index (κ1) is 16.6. The van der Waals surface area contributed by atoms with Crippen molar-refractivity contribution >= 4 is 11.5 Å². The summed E-state index contributed by atoms with van der Waals surface area (Å²) in [5.74, 6) is 1.15. The van der Waals surface area contributed by atoms with Crippen LogP contribution in [-0.4, -0.2) is 26.2 Å². The van der Waals surface area contributed by atoms with Crippen molar-refractivity contribution in [3.63, 3.8) is 0 Å². The lowest BCUT2D eigenvalue weighted by Crippen LogP contribution is -3.15. The van der Waals surface area contributed by atoms with E-state index in [-0.39, 0.29) is 0 Å². The molecule has 3 aromatic rings. The fraction of sp³-hybridized carbons (Fsp3) is 0.227. The van der Waals surface area contributed by atoms with Crippen LogP contribution in [-0.2, 0) is 0 Å². The van der Waals surface area contributed by atoms with Crippen LogP contribution in [0.25, 0.3) is 0 Å². The fourth-order valence-corrected chi connectivity index (χ4v) is 3.90. The summed E-state index contributed by atoms with van der Waals surface area (Å²) in [6.07, 6.45) is 1.87. The van der Waals surface area contributed by atoms with E-state index in [2.05, 4.69) is 76.6 Å². The first-order valence-corrected chi connectivity index (χ1v) is 9.28. The number of quaternary nitrogens is 1. The number of pyridine rings is 1. The molecule has 4 nitrogen and oxygen atoms in total. The molecule has 0 bridgehead atoms. The van der Waals surface area contributed by atoms with E-state index in [9.17, 15) is 0 Å². The minimum atomic E-state index is 0.384. The van der Waals surface area contributed by atoms with Crippen LogP contribution >= 0.6 is 0 Å². The molecule has 2 aromatic carbocycles. The number of H-pyrrole nitrogens is 1. The lowest BCUT2D eigenvalue weighted by atomic mass is 9.96. The second-order valence-electron chi connectivity index (χ2n) is 6.91. The zero-order chi connectivity index (χ0) is 17.8. The molecule has 0 amide bonds. The Morgan fingerprint density at radius 1 is 0.808 bits per heavy atom. The van der Waals surface area contributed by atoms with Gasteiger partial charge < -0.3 is 10.6 Å². The standard InChI is InChI=1S/C22H24N4/c23-20-11-12-21(24-17-20)25-13-15-26(16-14-25)22(18-7-3-1-4-8-18)19-9-5-2-6-10-19/h1-12,17,22H,13-16,23H2/p+2. The maximum atomic E-state index is 5.79. The number of nitrogen functional groups attached to an aromatic ring is 1. The van der Waals surface area contributed by atoms with Gasteiger partial charge in [0.2, 0.25) is 0 Å². The summed E-state index contributed by atoms with van der Waals surface area (Å²) in [4.78, 5) is 7.34. The van der Waals surface area contributed by atoms with Crippen LogP contribution in [0.1, 0.15) is 17.2 Å². The summed E-state index contributed by atoms with van der Waals surface area (Å²) in [7, 11) is 0. The molecule has 0 aliphatic carbocycles. The topological polar surface area (TPSA) is 47.8 Å². The zero-order valence-electron chi connectivity index (χ0n) is 14.9. The van der Waals surface area contributed by atoms with Crippen molar-refractivity contribution < 1.29 is 9.88 Å². The van der Waals surface area contributed by atoms with Crippen LogP contribution < -0.4 is 20.5 Å². The average molecular weight is 346 g/mol. The van der Waals surface area contributed by atoms with Crippen LogP contribution in [0.2, 0.25) is 0 Å².